The lowest BCUT2D eigenvalue weighted by Crippen LogP contribution is -2.66. The summed E-state index contributed by atoms with van der Waals surface area (Å²) in [5.41, 5.74) is -1.79. The van der Waals surface area contributed by atoms with Crippen LogP contribution in [-0.2, 0) is 10.4 Å². The van der Waals surface area contributed by atoms with E-state index in [-0.39, 0.29) is 11.5 Å². The minimum absolute atomic E-state index is 0.0499. The van der Waals surface area contributed by atoms with Gasteiger partial charge in [-0.25, -0.2) is 14.7 Å². The highest BCUT2D eigenvalue weighted by molar-refractivity contribution is 6.17. The van der Waals surface area contributed by atoms with Gasteiger partial charge >= 0.3 is 12.2 Å². The molecule has 0 aliphatic carbocycles. The van der Waals surface area contributed by atoms with Crippen molar-refractivity contribution in [2.75, 3.05) is 31.2 Å². The number of aryl methyl sites for hydroxylation is 1. The molecule has 0 unspecified atom stereocenters. The maximum absolute atomic E-state index is 14.4. The van der Waals surface area contributed by atoms with E-state index in [1.165, 1.54) is 17.0 Å². The Morgan fingerprint density at radius 2 is 1.67 bits per heavy atom. The number of carbonyl (C=O) groups excluding carboxylic acids is 1. The largest absolute Gasteiger partial charge is 0.437 e. The Morgan fingerprint density at radius 3 is 2.27 bits per heavy atom. The molecule has 0 aromatic heterocycles. The monoisotopic (exact) mass is 418 g/mol. The van der Waals surface area contributed by atoms with Crippen molar-refractivity contribution in [1.82, 2.24) is 10.2 Å². The number of nitrogens with zero attached hydrogens (tertiary/aromatic N) is 3. The molecule has 2 aliphatic heterocycles. The van der Waals surface area contributed by atoms with Gasteiger partial charge in [-0.05, 0) is 19.1 Å². The van der Waals surface area contributed by atoms with Crippen LogP contribution in [0.2, 0.25) is 0 Å². The number of alkyl halides is 3. The van der Waals surface area contributed by atoms with Crippen molar-refractivity contribution in [2.45, 2.75) is 18.8 Å². The van der Waals surface area contributed by atoms with Crippen LogP contribution in [0.3, 0.4) is 0 Å². The van der Waals surface area contributed by atoms with Gasteiger partial charge in [-0.3, -0.25) is 0 Å². The molecule has 1 N–H and O–H groups in total. The average molecular weight is 418 g/mol. The molecule has 1 atom stereocenters. The second-order valence-corrected chi connectivity index (χ2v) is 7.19. The molecule has 6 nitrogen and oxygen atoms in total. The summed E-state index contributed by atoms with van der Waals surface area (Å²) >= 11 is 0. The Morgan fingerprint density at radius 1 is 1.03 bits per heavy atom. The van der Waals surface area contributed by atoms with Crippen molar-refractivity contribution in [1.29, 1.82) is 0 Å². The molecule has 1 saturated heterocycles. The molecule has 0 saturated carbocycles. The molecule has 2 aromatic carbocycles. The lowest BCUT2D eigenvalue weighted by molar-refractivity contribution is -0.195. The number of rotatable bonds is 2. The fourth-order valence-corrected chi connectivity index (χ4v) is 3.54. The standard InChI is InChI=1S/C21H21F3N4O2/c1-15-7-9-16(10-8-15)20(21(22,23)24)25-18(27-11-13-30-14-12-27)28(19(29)26-20)17-5-3-2-4-6-17/h2-10H,11-14H2,1H3,(H,26,29)/t20-/m0/s1. The van der Waals surface area contributed by atoms with Crippen molar-refractivity contribution in [3.63, 3.8) is 0 Å². The molecular weight excluding hydrogens is 397 g/mol. The minimum Gasteiger partial charge on any atom is -0.378 e. The normalized spacial score (nSPS) is 22.5. The first kappa shape index (κ1) is 20.2. The molecule has 2 amide bonds. The number of anilines is 1. The van der Waals surface area contributed by atoms with E-state index in [1.54, 1.807) is 54.3 Å². The summed E-state index contributed by atoms with van der Waals surface area (Å²) in [7, 11) is 0. The minimum atomic E-state index is -4.85. The van der Waals surface area contributed by atoms with Gasteiger partial charge in [0.15, 0.2) is 0 Å². The van der Waals surface area contributed by atoms with Crippen molar-refractivity contribution in [3.8, 4) is 0 Å². The molecule has 2 heterocycles. The lowest BCUT2D eigenvalue weighted by Gasteiger charge is -2.44. The lowest BCUT2D eigenvalue weighted by atomic mass is 9.97. The van der Waals surface area contributed by atoms with Crippen molar-refractivity contribution in [2.24, 2.45) is 4.99 Å². The number of halogens is 3. The topological polar surface area (TPSA) is 57.2 Å². The van der Waals surface area contributed by atoms with Gasteiger partial charge in [0.05, 0.1) is 18.9 Å². The van der Waals surface area contributed by atoms with Crippen molar-refractivity contribution in [3.05, 3.63) is 65.7 Å². The number of amides is 2. The molecule has 0 spiro atoms. The van der Waals surface area contributed by atoms with Crippen LogP contribution < -0.4 is 10.2 Å². The van der Waals surface area contributed by atoms with E-state index < -0.39 is 17.9 Å². The number of hydrogen-bond donors (Lipinski definition) is 1. The summed E-state index contributed by atoms with van der Waals surface area (Å²) in [6.07, 6.45) is -4.85. The third-order valence-electron chi connectivity index (χ3n) is 5.15. The van der Waals surface area contributed by atoms with E-state index in [0.717, 1.165) is 5.56 Å². The van der Waals surface area contributed by atoms with Crippen LogP contribution in [0.15, 0.2) is 59.6 Å². The molecule has 0 bridgehead atoms. The van der Waals surface area contributed by atoms with Crippen LogP contribution in [0.25, 0.3) is 0 Å². The van der Waals surface area contributed by atoms with Gasteiger partial charge in [0.2, 0.25) is 5.96 Å². The third-order valence-corrected chi connectivity index (χ3v) is 5.15. The molecule has 2 aliphatic rings. The Bertz CT molecular complexity index is 941. The zero-order valence-electron chi connectivity index (χ0n) is 16.3. The fourth-order valence-electron chi connectivity index (χ4n) is 3.54. The first-order valence-corrected chi connectivity index (χ1v) is 9.55. The smallest absolute Gasteiger partial charge is 0.378 e. The number of nitrogens with one attached hydrogen (secondary N) is 1. The van der Waals surface area contributed by atoms with E-state index in [4.69, 9.17) is 4.74 Å². The molecule has 1 fully saturated rings. The number of morpholine rings is 1. The van der Waals surface area contributed by atoms with Gasteiger partial charge < -0.3 is 15.0 Å². The number of aliphatic imine (C=N–C) groups is 1. The number of guanidine groups is 1. The molecule has 30 heavy (non-hydrogen) atoms. The highest BCUT2D eigenvalue weighted by Gasteiger charge is 2.61. The molecule has 9 heteroatoms. The van der Waals surface area contributed by atoms with Crippen molar-refractivity contribution >= 4 is 17.7 Å². The highest BCUT2D eigenvalue weighted by Crippen LogP contribution is 2.43. The van der Waals surface area contributed by atoms with E-state index >= 15 is 0 Å². The number of urea groups is 1. The summed E-state index contributed by atoms with van der Waals surface area (Å²) < 4.78 is 48.7. The Kier molecular flexibility index (Phi) is 5.15. The van der Waals surface area contributed by atoms with Crippen LogP contribution in [0.5, 0.6) is 0 Å². The van der Waals surface area contributed by atoms with E-state index in [9.17, 15) is 18.0 Å². The predicted molar refractivity (Wildman–Crippen MR) is 106 cm³/mol. The highest BCUT2D eigenvalue weighted by atomic mass is 19.4. The summed E-state index contributed by atoms with van der Waals surface area (Å²) in [5, 5.41) is 2.14. The number of ether oxygens (including phenoxy) is 1. The summed E-state index contributed by atoms with van der Waals surface area (Å²) in [6.45, 7) is 3.12. The second-order valence-electron chi connectivity index (χ2n) is 7.19. The van der Waals surface area contributed by atoms with Crippen LogP contribution in [0, 0.1) is 6.92 Å². The fraction of sp³-hybridized carbons (Fsp3) is 0.333. The second kappa shape index (κ2) is 7.64. The molecule has 0 radical (unpaired) electrons. The predicted octanol–water partition coefficient (Wildman–Crippen LogP) is 3.63. The van der Waals surface area contributed by atoms with E-state index in [2.05, 4.69) is 10.3 Å². The quantitative estimate of drug-likeness (QED) is 0.811. The average Bonchev–Trinajstić information content (AvgIpc) is 2.74. The van der Waals surface area contributed by atoms with Gasteiger partial charge in [-0.15, -0.1) is 0 Å². The van der Waals surface area contributed by atoms with Crippen molar-refractivity contribution < 1.29 is 22.7 Å². The zero-order valence-corrected chi connectivity index (χ0v) is 16.3. The maximum Gasteiger partial charge on any atom is 0.437 e. The van der Waals surface area contributed by atoms with Gasteiger partial charge in [0.25, 0.3) is 5.66 Å². The van der Waals surface area contributed by atoms with E-state index in [0.29, 0.717) is 32.0 Å². The van der Waals surface area contributed by atoms with E-state index in [1.807, 2.05) is 0 Å². The van der Waals surface area contributed by atoms with Gasteiger partial charge in [-0.2, -0.15) is 13.2 Å². The van der Waals surface area contributed by atoms with Gasteiger partial charge in [0, 0.05) is 18.7 Å². The van der Waals surface area contributed by atoms with Crippen LogP contribution >= 0.6 is 0 Å². The Hall–Kier alpha value is -3.07. The molecule has 2 aromatic rings. The number of para-hydroxylation sites is 1. The van der Waals surface area contributed by atoms with Crippen LogP contribution in [0.4, 0.5) is 23.7 Å². The number of hydrogen-bond acceptors (Lipinski definition) is 4. The number of carbonyl (C=O) groups is 1. The summed E-state index contributed by atoms with van der Waals surface area (Å²) in [6, 6.07) is 13.5. The maximum atomic E-state index is 14.4. The zero-order chi connectivity index (χ0) is 21.4. The molecule has 4 rings (SSSR count). The summed E-state index contributed by atoms with van der Waals surface area (Å²) in [5.74, 6) is -0.0499. The first-order chi connectivity index (χ1) is 14.3. The molecule has 158 valence electrons. The first-order valence-electron chi connectivity index (χ1n) is 9.55. The molecular formula is C21H21F3N4O2. The SMILES string of the molecule is Cc1ccc([C@]2(C(F)(F)F)N=C(N3CCOCC3)N(c3ccccc3)C(=O)N2)cc1. The number of benzene rings is 2. The van der Waals surface area contributed by atoms with Gasteiger partial charge in [0.1, 0.15) is 0 Å². The van der Waals surface area contributed by atoms with Crippen LogP contribution in [-0.4, -0.2) is 49.4 Å². The van der Waals surface area contributed by atoms with Gasteiger partial charge in [-0.1, -0.05) is 48.0 Å². The Labute approximate surface area is 171 Å². The summed E-state index contributed by atoms with van der Waals surface area (Å²) in [4.78, 5) is 20.1. The third kappa shape index (κ3) is 3.49. The Balaban J connectivity index is 1.91. The van der Waals surface area contributed by atoms with Crippen LogP contribution in [0.1, 0.15) is 11.1 Å².